The van der Waals surface area contributed by atoms with Crippen LogP contribution in [-0.4, -0.2) is 55.1 Å². The SMILES string of the molecule is Cc1cc(N2CCCC(C)C2)nc(N2CCC3(CC2)OCCO3)n1. The van der Waals surface area contributed by atoms with Gasteiger partial charge in [-0.05, 0) is 25.7 Å². The van der Waals surface area contributed by atoms with Gasteiger partial charge in [-0.25, -0.2) is 4.98 Å². The molecule has 1 spiro atoms. The average molecular weight is 332 g/mol. The molecule has 0 saturated carbocycles. The number of piperidine rings is 2. The molecular weight excluding hydrogens is 304 g/mol. The molecule has 0 radical (unpaired) electrons. The fourth-order valence-electron chi connectivity index (χ4n) is 4.07. The van der Waals surface area contributed by atoms with Gasteiger partial charge >= 0.3 is 0 Å². The van der Waals surface area contributed by atoms with E-state index in [1.54, 1.807) is 0 Å². The minimum Gasteiger partial charge on any atom is -0.356 e. The number of hydrogen-bond acceptors (Lipinski definition) is 6. The number of anilines is 2. The molecular formula is C18H28N4O2. The van der Waals surface area contributed by atoms with Crippen LogP contribution in [0.25, 0.3) is 0 Å². The van der Waals surface area contributed by atoms with E-state index in [2.05, 4.69) is 29.7 Å². The molecule has 24 heavy (non-hydrogen) atoms. The Morgan fingerprint density at radius 2 is 1.83 bits per heavy atom. The van der Waals surface area contributed by atoms with E-state index in [1.165, 1.54) is 12.8 Å². The fourth-order valence-corrected chi connectivity index (χ4v) is 4.07. The first-order valence-electron chi connectivity index (χ1n) is 9.27. The van der Waals surface area contributed by atoms with Gasteiger partial charge in [0, 0.05) is 50.8 Å². The molecule has 4 heterocycles. The number of hydrogen-bond donors (Lipinski definition) is 0. The van der Waals surface area contributed by atoms with Crippen LogP contribution in [0.1, 0.15) is 38.3 Å². The van der Waals surface area contributed by atoms with Crippen LogP contribution in [0.2, 0.25) is 0 Å². The Morgan fingerprint density at radius 1 is 1.08 bits per heavy atom. The zero-order valence-electron chi connectivity index (χ0n) is 14.8. The summed E-state index contributed by atoms with van der Waals surface area (Å²) in [5.41, 5.74) is 1.04. The second-order valence-corrected chi connectivity index (χ2v) is 7.46. The van der Waals surface area contributed by atoms with Gasteiger partial charge in [0.2, 0.25) is 5.95 Å². The fraction of sp³-hybridized carbons (Fsp3) is 0.778. The third kappa shape index (κ3) is 3.22. The van der Waals surface area contributed by atoms with Crippen LogP contribution in [0.4, 0.5) is 11.8 Å². The van der Waals surface area contributed by atoms with Crippen molar-refractivity contribution >= 4 is 11.8 Å². The van der Waals surface area contributed by atoms with Gasteiger partial charge in [0.1, 0.15) is 5.82 Å². The smallest absolute Gasteiger partial charge is 0.227 e. The molecule has 3 aliphatic heterocycles. The maximum atomic E-state index is 5.82. The van der Waals surface area contributed by atoms with Crippen LogP contribution in [-0.2, 0) is 9.47 Å². The summed E-state index contributed by atoms with van der Waals surface area (Å²) in [6.45, 7) is 9.81. The Hall–Kier alpha value is -1.40. The Bertz CT molecular complexity index is 578. The van der Waals surface area contributed by atoms with E-state index < -0.39 is 0 Å². The molecule has 1 atom stereocenters. The maximum Gasteiger partial charge on any atom is 0.227 e. The summed E-state index contributed by atoms with van der Waals surface area (Å²) < 4.78 is 11.6. The zero-order valence-corrected chi connectivity index (χ0v) is 14.8. The zero-order chi connectivity index (χ0) is 16.6. The molecule has 1 unspecified atom stereocenters. The molecule has 3 saturated heterocycles. The highest BCUT2D eigenvalue weighted by Crippen LogP contribution is 2.33. The predicted molar refractivity (Wildman–Crippen MR) is 93.5 cm³/mol. The van der Waals surface area contributed by atoms with E-state index in [0.717, 1.165) is 75.6 Å². The van der Waals surface area contributed by atoms with Crippen LogP contribution in [0.5, 0.6) is 0 Å². The third-order valence-corrected chi connectivity index (χ3v) is 5.43. The highest BCUT2D eigenvalue weighted by atomic mass is 16.7. The van der Waals surface area contributed by atoms with Crippen molar-refractivity contribution in [3.05, 3.63) is 11.8 Å². The number of aryl methyl sites for hydroxylation is 1. The molecule has 0 aromatic carbocycles. The van der Waals surface area contributed by atoms with Gasteiger partial charge in [-0.15, -0.1) is 0 Å². The van der Waals surface area contributed by atoms with Crippen molar-refractivity contribution in [1.82, 2.24) is 9.97 Å². The molecule has 0 bridgehead atoms. The van der Waals surface area contributed by atoms with Gasteiger partial charge < -0.3 is 19.3 Å². The number of nitrogens with zero attached hydrogens (tertiary/aromatic N) is 4. The quantitative estimate of drug-likeness (QED) is 0.829. The molecule has 0 amide bonds. The molecule has 0 N–H and O–H groups in total. The largest absolute Gasteiger partial charge is 0.356 e. The third-order valence-electron chi connectivity index (χ3n) is 5.43. The highest BCUT2D eigenvalue weighted by Gasteiger charge is 2.40. The first-order chi connectivity index (χ1) is 11.6. The Kier molecular flexibility index (Phi) is 4.35. The first kappa shape index (κ1) is 16.1. The van der Waals surface area contributed by atoms with E-state index in [0.29, 0.717) is 0 Å². The van der Waals surface area contributed by atoms with Gasteiger partial charge in [0.15, 0.2) is 5.79 Å². The van der Waals surface area contributed by atoms with Gasteiger partial charge in [0.25, 0.3) is 0 Å². The Morgan fingerprint density at radius 3 is 2.54 bits per heavy atom. The van der Waals surface area contributed by atoms with Crippen molar-refractivity contribution in [2.45, 2.75) is 45.3 Å². The van der Waals surface area contributed by atoms with Gasteiger partial charge in [-0.3, -0.25) is 0 Å². The molecule has 6 heteroatoms. The second-order valence-electron chi connectivity index (χ2n) is 7.46. The van der Waals surface area contributed by atoms with E-state index in [9.17, 15) is 0 Å². The molecule has 6 nitrogen and oxygen atoms in total. The maximum absolute atomic E-state index is 5.82. The minimum atomic E-state index is -0.342. The lowest BCUT2D eigenvalue weighted by atomic mass is 10.0. The Balaban J connectivity index is 1.49. The first-order valence-corrected chi connectivity index (χ1v) is 9.27. The van der Waals surface area contributed by atoms with Crippen molar-refractivity contribution in [2.24, 2.45) is 5.92 Å². The highest BCUT2D eigenvalue weighted by molar-refractivity contribution is 5.46. The molecule has 132 valence electrons. The lowest BCUT2D eigenvalue weighted by molar-refractivity contribution is -0.169. The van der Waals surface area contributed by atoms with Crippen molar-refractivity contribution in [3.63, 3.8) is 0 Å². The summed E-state index contributed by atoms with van der Waals surface area (Å²) in [6, 6.07) is 2.12. The summed E-state index contributed by atoms with van der Waals surface area (Å²) in [7, 11) is 0. The van der Waals surface area contributed by atoms with Crippen molar-refractivity contribution in [2.75, 3.05) is 49.2 Å². The molecule has 1 aromatic heterocycles. The monoisotopic (exact) mass is 332 g/mol. The lowest BCUT2D eigenvalue weighted by Gasteiger charge is -2.38. The van der Waals surface area contributed by atoms with E-state index >= 15 is 0 Å². The van der Waals surface area contributed by atoms with Crippen LogP contribution in [0, 0.1) is 12.8 Å². The van der Waals surface area contributed by atoms with Crippen LogP contribution >= 0.6 is 0 Å². The Labute approximate surface area is 144 Å². The standard InChI is InChI=1S/C18H28N4O2/c1-14-4-3-7-22(13-14)16-12-15(2)19-17(20-16)21-8-5-18(6-9-21)23-10-11-24-18/h12,14H,3-11,13H2,1-2H3. The molecule has 4 rings (SSSR count). The number of ether oxygens (including phenoxy) is 2. The van der Waals surface area contributed by atoms with Crippen molar-refractivity contribution in [1.29, 1.82) is 0 Å². The lowest BCUT2D eigenvalue weighted by Crippen LogP contribution is -2.46. The molecule has 3 aliphatic rings. The van der Waals surface area contributed by atoms with Gasteiger partial charge in [-0.1, -0.05) is 6.92 Å². The van der Waals surface area contributed by atoms with Gasteiger partial charge in [-0.2, -0.15) is 4.98 Å². The van der Waals surface area contributed by atoms with E-state index in [4.69, 9.17) is 19.4 Å². The summed E-state index contributed by atoms with van der Waals surface area (Å²) in [4.78, 5) is 14.3. The summed E-state index contributed by atoms with van der Waals surface area (Å²) in [6.07, 6.45) is 4.35. The molecule has 3 fully saturated rings. The van der Waals surface area contributed by atoms with E-state index in [-0.39, 0.29) is 5.79 Å². The predicted octanol–water partition coefficient (Wildman–Crippen LogP) is 2.36. The topological polar surface area (TPSA) is 50.7 Å². The second kappa shape index (κ2) is 6.48. The van der Waals surface area contributed by atoms with Crippen LogP contribution < -0.4 is 9.80 Å². The van der Waals surface area contributed by atoms with Crippen molar-refractivity contribution in [3.8, 4) is 0 Å². The van der Waals surface area contributed by atoms with Crippen LogP contribution in [0.15, 0.2) is 6.07 Å². The summed E-state index contributed by atoms with van der Waals surface area (Å²) >= 11 is 0. The number of rotatable bonds is 2. The normalized spacial score (nSPS) is 27.0. The average Bonchev–Trinajstić information content (AvgIpc) is 3.03. The summed E-state index contributed by atoms with van der Waals surface area (Å²) in [5.74, 6) is 2.34. The summed E-state index contributed by atoms with van der Waals surface area (Å²) in [5, 5.41) is 0. The van der Waals surface area contributed by atoms with Gasteiger partial charge in [0.05, 0.1) is 13.2 Å². The number of aromatic nitrogens is 2. The van der Waals surface area contributed by atoms with Crippen LogP contribution in [0.3, 0.4) is 0 Å². The van der Waals surface area contributed by atoms with E-state index in [1.807, 2.05) is 0 Å². The molecule has 1 aromatic rings. The molecule has 0 aliphatic carbocycles. The minimum absolute atomic E-state index is 0.342. The van der Waals surface area contributed by atoms with Crippen molar-refractivity contribution < 1.29 is 9.47 Å².